The first-order valence-corrected chi connectivity index (χ1v) is 15.4. The van der Waals surface area contributed by atoms with Gasteiger partial charge >= 0.3 is 12.3 Å². The summed E-state index contributed by atoms with van der Waals surface area (Å²) in [7, 11) is -9.23. The number of amides is 1. The van der Waals surface area contributed by atoms with Crippen molar-refractivity contribution in [2.75, 3.05) is 6.61 Å². The Balaban J connectivity index is 1.63. The molecule has 0 aliphatic heterocycles. The molecule has 11 nitrogen and oxygen atoms in total. The highest BCUT2D eigenvalue weighted by molar-refractivity contribution is 14.1. The quantitative estimate of drug-likeness (QED) is 0.139. The minimum Gasteiger partial charge on any atom is -0.482 e. The van der Waals surface area contributed by atoms with E-state index in [4.69, 9.17) is 9.47 Å². The Bertz CT molecular complexity index is 1640. The van der Waals surface area contributed by atoms with E-state index in [1.54, 1.807) is 49.9 Å². The molecule has 0 heterocycles. The summed E-state index contributed by atoms with van der Waals surface area (Å²) in [6.45, 7) is -0.600. The van der Waals surface area contributed by atoms with Gasteiger partial charge in [-0.2, -0.15) is 8.42 Å². The lowest BCUT2D eigenvalue weighted by Gasteiger charge is -2.14. The van der Waals surface area contributed by atoms with Gasteiger partial charge in [0.05, 0.1) is 0 Å². The highest BCUT2D eigenvalue weighted by atomic mass is 127. The molecule has 0 unspecified atom stereocenters. The van der Waals surface area contributed by atoms with Crippen LogP contribution in [0.1, 0.15) is 10.4 Å². The van der Waals surface area contributed by atoms with Gasteiger partial charge in [-0.25, -0.2) is 17.9 Å². The normalized spacial score (nSPS) is 11.9. The molecule has 0 aliphatic rings. The summed E-state index contributed by atoms with van der Waals surface area (Å²) >= 11 is 3.35. The number of esters is 1. The van der Waals surface area contributed by atoms with Crippen LogP contribution in [0.4, 0.5) is 13.2 Å². The number of hydrogen-bond donors (Lipinski definition) is 2. The fourth-order valence-electron chi connectivity index (χ4n) is 2.96. The van der Waals surface area contributed by atoms with Crippen molar-refractivity contribution in [3.05, 3.63) is 73.4 Å². The number of para-hydroxylation sites is 1. The molecule has 0 bridgehead atoms. The lowest BCUT2D eigenvalue weighted by atomic mass is 10.2. The average molecular weight is 827 g/mol. The lowest BCUT2D eigenvalue weighted by molar-refractivity contribution is -0.275. The molecule has 0 atom stereocenters. The molecule has 1 amide bonds. The summed E-state index contributed by atoms with van der Waals surface area (Å²) in [6.07, 6.45) is -5.17. The second-order valence-corrected chi connectivity index (χ2v) is 12.7. The van der Waals surface area contributed by atoms with Gasteiger partial charge in [0.2, 0.25) is 0 Å². The third-order valence-electron chi connectivity index (χ3n) is 4.53. The van der Waals surface area contributed by atoms with Crippen LogP contribution in [-0.2, 0) is 24.9 Å². The van der Waals surface area contributed by atoms with Crippen LogP contribution < -0.4 is 18.9 Å². The van der Waals surface area contributed by atoms with Gasteiger partial charge in [-0.1, -0.05) is 12.1 Å². The van der Waals surface area contributed by atoms with E-state index in [0.29, 0.717) is 0 Å². The molecule has 2 N–H and O–H groups in total. The highest BCUT2D eigenvalue weighted by Gasteiger charge is 2.34. The van der Waals surface area contributed by atoms with E-state index in [9.17, 15) is 44.1 Å². The predicted molar refractivity (Wildman–Crippen MR) is 147 cm³/mol. The zero-order valence-electron chi connectivity index (χ0n) is 19.3. The Morgan fingerprint density at radius 3 is 2.02 bits per heavy atom. The van der Waals surface area contributed by atoms with Crippen molar-refractivity contribution in [3.8, 4) is 17.2 Å². The number of alkyl halides is 3. The summed E-state index contributed by atoms with van der Waals surface area (Å²) in [5, 5.41) is 0. The maximum atomic E-state index is 12.6. The number of nitrogens with one attached hydrogen (secondary N) is 1. The molecular weight excluding hydrogens is 813 g/mol. The SMILES string of the molecule is O=C(COc1cc(I)c(S(=O)(=O)O)c(I)c1)Oc1ccc(C(=O)NS(=O)(=O)c2ccccc2OC(F)(F)F)cc1. The average Bonchev–Trinajstić information content (AvgIpc) is 2.81. The molecule has 214 valence electrons. The van der Waals surface area contributed by atoms with Crippen LogP contribution in [0.3, 0.4) is 0 Å². The van der Waals surface area contributed by atoms with Gasteiger partial charge in [-0.15, -0.1) is 13.2 Å². The molecule has 0 fully saturated rings. The summed E-state index contributed by atoms with van der Waals surface area (Å²) in [6, 6.07) is 11.0. The first kappa shape index (κ1) is 31.8. The fourth-order valence-corrected chi connectivity index (χ4v) is 8.06. The largest absolute Gasteiger partial charge is 0.573 e. The standard InChI is InChI=1S/C22H14F3I2NO10S2/c23-22(24,25)38-17-3-1-2-4-18(17)39(31,32)28-21(30)12-5-7-13(8-6-12)37-19(29)11-36-14-9-15(26)20(16(27)10-14)40(33,34)35/h1-10H,11H2,(H,28,30)(H,33,34,35). The molecule has 0 aliphatic carbocycles. The number of ether oxygens (including phenoxy) is 3. The van der Waals surface area contributed by atoms with Crippen molar-refractivity contribution in [2.24, 2.45) is 0 Å². The Morgan fingerprint density at radius 2 is 1.48 bits per heavy atom. The Morgan fingerprint density at radius 1 is 0.900 bits per heavy atom. The van der Waals surface area contributed by atoms with Gasteiger partial charge in [0.25, 0.3) is 26.0 Å². The molecule has 18 heteroatoms. The predicted octanol–water partition coefficient (Wildman–Crippen LogP) is 4.14. The maximum Gasteiger partial charge on any atom is 0.573 e. The number of sulfonamides is 1. The second kappa shape index (κ2) is 12.4. The molecular formula is C22H14F3I2NO10S2. The molecule has 40 heavy (non-hydrogen) atoms. The van der Waals surface area contributed by atoms with Gasteiger partial charge in [0.1, 0.15) is 27.0 Å². The van der Waals surface area contributed by atoms with Crippen LogP contribution in [0.25, 0.3) is 0 Å². The van der Waals surface area contributed by atoms with Crippen LogP contribution in [-0.4, -0.2) is 46.2 Å². The summed E-state index contributed by atoms with van der Waals surface area (Å²) in [5.74, 6) is -3.03. The Hall–Kier alpha value is -2.69. The molecule has 3 rings (SSSR count). The van der Waals surface area contributed by atoms with Gasteiger partial charge < -0.3 is 14.2 Å². The maximum absolute atomic E-state index is 12.6. The number of halogens is 5. The van der Waals surface area contributed by atoms with E-state index in [1.165, 1.54) is 12.1 Å². The molecule has 0 radical (unpaired) electrons. The van der Waals surface area contributed by atoms with Crippen LogP contribution in [0.15, 0.2) is 70.5 Å². The minimum absolute atomic E-state index is 0.0530. The monoisotopic (exact) mass is 827 g/mol. The Labute approximate surface area is 252 Å². The van der Waals surface area contributed by atoms with Gasteiger partial charge in [-0.3, -0.25) is 9.35 Å². The van der Waals surface area contributed by atoms with Crippen LogP contribution in [0, 0.1) is 7.14 Å². The van der Waals surface area contributed by atoms with Gasteiger partial charge in [0.15, 0.2) is 6.61 Å². The highest BCUT2D eigenvalue weighted by Crippen LogP contribution is 2.30. The van der Waals surface area contributed by atoms with Crippen LogP contribution in [0.5, 0.6) is 17.2 Å². The van der Waals surface area contributed by atoms with Crippen molar-refractivity contribution in [1.29, 1.82) is 0 Å². The molecule has 0 spiro atoms. The summed E-state index contributed by atoms with van der Waals surface area (Å²) < 4.78 is 111. The topological polar surface area (TPSA) is 162 Å². The van der Waals surface area contributed by atoms with Gasteiger partial charge in [-0.05, 0) is 93.7 Å². The molecule has 3 aromatic rings. The van der Waals surface area contributed by atoms with Crippen molar-refractivity contribution < 1.29 is 58.4 Å². The number of benzene rings is 3. The molecule has 0 saturated heterocycles. The number of rotatable bonds is 9. The first-order chi connectivity index (χ1) is 18.5. The van der Waals surface area contributed by atoms with Crippen LogP contribution in [0.2, 0.25) is 0 Å². The van der Waals surface area contributed by atoms with E-state index in [1.807, 2.05) is 0 Å². The van der Waals surface area contributed by atoms with E-state index < -0.39 is 55.6 Å². The van der Waals surface area contributed by atoms with Crippen LogP contribution >= 0.6 is 45.2 Å². The van der Waals surface area contributed by atoms with Crippen molar-refractivity contribution >= 4 is 77.2 Å². The smallest absolute Gasteiger partial charge is 0.482 e. The summed E-state index contributed by atoms with van der Waals surface area (Å²) in [5.41, 5.74) is -0.225. The third kappa shape index (κ3) is 8.65. The van der Waals surface area contributed by atoms with Gasteiger partial charge in [0, 0.05) is 12.7 Å². The number of carbonyl (C=O) groups is 2. The zero-order chi connectivity index (χ0) is 29.9. The first-order valence-electron chi connectivity index (χ1n) is 10.3. The van der Waals surface area contributed by atoms with E-state index in [2.05, 4.69) is 4.74 Å². The molecule has 0 aromatic heterocycles. The summed E-state index contributed by atoms with van der Waals surface area (Å²) in [4.78, 5) is 23.3. The molecule has 0 saturated carbocycles. The Kier molecular flexibility index (Phi) is 9.91. The third-order valence-corrected chi connectivity index (χ3v) is 9.29. The minimum atomic E-state index is -5.17. The second-order valence-electron chi connectivity index (χ2n) is 7.41. The zero-order valence-corrected chi connectivity index (χ0v) is 25.3. The number of carbonyl (C=O) groups excluding carboxylic acids is 2. The lowest BCUT2D eigenvalue weighted by Crippen LogP contribution is -2.31. The van der Waals surface area contributed by atoms with E-state index >= 15 is 0 Å². The van der Waals surface area contributed by atoms with Crippen molar-refractivity contribution in [3.63, 3.8) is 0 Å². The molecule has 3 aromatic carbocycles. The number of hydrogen-bond acceptors (Lipinski definition) is 9. The van der Waals surface area contributed by atoms with Crippen molar-refractivity contribution in [2.45, 2.75) is 16.2 Å². The van der Waals surface area contributed by atoms with E-state index in [0.717, 1.165) is 48.5 Å². The fraction of sp³-hybridized carbons (Fsp3) is 0.0909. The van der Waals surface area contributed by atoms with Crippen molar-refractivity contribution in [1.82, 2.24) is 4.72 Å². The van der Waals surface area contributed by atoms with E-state index in [-0.39, 0.29) is 29.1 Å².